The highest BCUT2D eigenvalue weighted by atomic mass is 79.9. The molecule has 0 aromatic heterocycles. The van der Waals surface area contributed by atoms with Crippen molar-refractivity contribution in [2.24, 2.45) is 0 Å². The average molecular weight is 258 g/mol. The van der Waals surface area contributed by atoms with Crippen molar-refractivity contribution in [1.29, 1.82) is 0 Å². The van der Waals surface area contributed by atoms with Crippen molar-refractivity contribution in [2.45, 2.75) is 6.18 Å². The Morgan fingerprint density at radius 1 is 1.23 bits per heavy atom. The minimum atomic E-state index is -4.60. The van der Waals surface area contributed by atoms with Gasteiger partial charge in [0, 0.05) is 5.69 Å². The van der Waals surface area contributed by atoms with E-state index in [2.05, 4.69) is 15.9 Å². The molecule has 0 radical (unpaired) electrons. The third-order valence-corrected chi connectivity index (χ3v) is 2.26. The maximum Gasteiger partial charge on any atom is 0.417 e. The lowest BCUT2D eigenvalue weighted by molar-refractivity contribution is -0.138. The van der Waals surface area contributed by atoms with Crippen LogP contribution in [0.3, 0.4) is 0 Å². The highest BCUT2D eigenvalue weighted by Crippen LogP contribution is 2.37. The van der Waals surface area contributed by atoms with Gasteiger partial charge in [-0.1, -0.05) is 0 Å². The second kappa shape index (κ2) is 3.17. The molecule has 0 amide bonds. The number of hydrogen-bond acceptors (Lipinski definition) is 1. The molecule has 1 rings (SSSR count). The van der Waals surface area contributed by atoms with Crippen molar-refractivity contribution in [2.75, 3.05) is 5.73 Å². The molecule has 0 atom stereocenters. The summed E-state index contributed by atoms with van der Waals surface area (Å²) < 4.78 is 48.7. The van der Waals surface area contributed by atoms with Gasteiger partial charge in [-0.15, -0.1) is 0 Å². The fourth-order valence-corrected chi connectivity index (χ4v) is 1.27. The molecule has 1 nitrogen and oxygen atoms in total. The minimum absolute atomic E-state index is 0.271. The zero-order valence-electron chi connectivity index (χ0n) is 6.12. The smallest absolute Gasteiger partial charge is 0.398 e. The second-order valence-electron chi connectivity index (χ2n) is 2.35. The van der Waals surface area contributed by atoms with Crippen LogP contribution in [-0.4, -0.2) is 0 Å². The predicted molar refractivity (Wildman–Crippen MR) is 43.5 cm³/mol. The molecular formula is C7H4BrF4N. The van der Waals surface area contributed by atoms with Gasteiger partial charge in [0.25, 0.3) is 0 Å². The summed E-state index contributed by atoms with van der Waals surface area (Å²) >= 11 is 2.64. The van der Waals surface area contributed by atoms with Crippen molar-refractivity contribution in [3.8, 4) is 0 Å². The Hall–Kier alpha value is -0.780. The molecule has 0 saturated heterocycles. The van der Waals surface area contributed by atoms with Crippen LogP contribution >= 0.6 is 15.9 Å². The van der Waals surface area contributed by atoms with Gasteiger partial charge in [0.05, 0.1) is 10.0 Å². The Balaban J connectivity index is 3.37. The molecule has 2 N–H and O–H groups in total. The number of alkyl halides is 3. The first kappa shape index (κ1) is 10.3. The first-order chi connectivity index (χ1) is 5.82. The van der Waals surface area contributed by atoms with Crippen LogP contribution in [0.2, 0.25) is 0 Å². The van der Waals surface area contributed by atoms with E-state index in [1.165, 1.54) is 0 Å². The first-order valence-electron chi connectivity index (χ1n) is 3.14. The van der Waals surface area contributed by atoms with Crippen LogP contribution in [0, 0.1) is 5.82 Å². The summed E-state index contributed by atoms with van der Waals surface area (Å²) in [6.45, 7) is 0. The number of benzene rings is 1. The lowest BCUT2D eigenvalue weighted by Crippen LogP contribution is -2.08. The zero-order chi connectivity index (χ0) is 10.2. The summed E-state index contributed by atoms with van der Waals surface area (Å²) in [5, 5.41) is 0. The number of rotatable bonds is 0. The van der Waals surface area contributed by atoms with E-state index >= 15 is 0 Å². The average Bonchev–Trinajstić information content (AvgIpc) is 1.94. The largest absolute Gasteiger partial charge is 0.417 e. The molecule has 0 spiro atoms. The van der Waals surface area contributed by atoms with E-state index in [4.69, 9.17) is 5.73 Å². The minimum Gasteiger partial charge on any atom is -0.398 e. The highest BCUT2D eigenvalue weighted by molar-refractivity contribution is 9.10. The Labute approximate surface area is 79.7 Å². The Morgan fingerprint density at radius 3 is 2.23 bits per heavy atom. The zero-order valence-corrected chi connectivity index (χ0v) is 7.71. The molecule has 0 fully saturated rings. The molecule has 13 heavy (non-hydrogen) atoms. The highest BCUT2D eigenvalue weighted by Gasteiger charge is 2.34. The van der Waals surface area contributed by atoms with Crippen LogP contribution < -0.4 is 5.73 Å². The van der Waals surface area contributed by atoms with Gasteiger partial charge < -0.3 is 5.73 Å². The molecular weight excluding hydrogens is 254 g/mol. The number of nitrogen functional groups attached to an aromatic ring is 1. The Bertz CT molecular complexity index is 334. The first-order valence-corrected chi connectivity index (χ1v) is 3.93. The monoisotopic (exact) mass is 257 g/mol. The van der Waals surface area contributed by atoms with E-state index in [9.17, 15) is 17.6 Å². The number of nitrogens with two attached hydrogens (primary N) is 1. The van der Waals surface area contributed by atoms with Crippen LogP contribution in [-0.2, 0) is 6.18 Å². The molecule has 0 aliphatic rings. The number of halogens is 5. The fourth-order valence-electron chi connectivity index (χ4n) is 0.817. The van der Waals surface area contributed by atoms with Crippen LogP contribution in [0.5, 0.6) is 0 Å². The maximum atomic E-state index is 12.5. The molecule has 0 heterocycles. The number of anilines is 1. The summed E-state index contributed by atoms with van der Waals surface area (Å²) in [6.07, 6.45) is -4.60. The van der Waals surface area contributed by atoms with Crippen molar-refractivity contribution < 1.29 is 17.6 Å². The molecule has 6 heteroatoms. The van der Waals surface area contributed by atoms with Gasteiger partial charge in [-0.3, -0.25) is 0 Å². The Morgan fingerprint density at radius 2 is 1.77 bits per heavy atom. The number of hydrogen-bond donors (Lipinski definition) is 1. The van der Waals surface area contributed by atoms with Gasteiger partial charge in [0.2, 0.25) is 0 Å². The van der Waals surface area contributed by atoms with Crippen LogP contribution in [0.15, 0.2) is 16.6 Å². The quantitative estimate of drug-likeness (QED) is 0.561. The van der Waals surface area contributed by atoms with Crippen molar-refractivity contribution in [3.05, 3.63) is 28.0 Å². The molecule has 72 valence electrons. The van der Waals surface area contributed by atoms with Crippen LogP contribution in [0.4, 0.5) is 23.2 Å². The van der Waals surface area contributed by atoms with E-state index in [1.54, 1.807) is 0 Å². The SMILES string of the molecule is Nc1cc(F)cc(C(F)(F)F)c1Br. The van der Waals surface area contributed by atoms with E-state index in [-0.39, 0.29) is 10.2 Å². The van der Waals surface area contributed by atoms with E-state index < -0.39 is 17.6 Å². The topological polar surface area (TPSA) is 26.0 Å². The summed E-state index contributed by atoms with van der Waals surface area (Å²) in [6, 6.07) is 1.21. The van der Waals surface area contributed by atoms with E-state index in [0.717, 1.165) is 6.07 Å². The summed E-state index contributed by atoms with van der Waals surface area (Å²) in [5.74, 6) is -1.01. The van der Waals surface area contributed by atoms with E-state index in [0.29, 0.717) is 6.07 Å². The van der Waals surface area contributed by atoms with Gasteiger partial charge in [-0.25, -0.2) is 4.39 Å². The Kier molecular flexibility index (Phi) is 2.51. The molecule has 0 aliphatic heterocycles. The fraction of sp³-hybridized carbons (Fsp3) is 0.143. The van der Waals surface area contributed by atoms with Gasteiger partial charge >= 0.3 is 6.18 Å². The van der Waals surface area contributed by atoms with Crippen LogP contribution in [0.25, 0.3) is 0 Å². The molecule has 0 saturated carbocycles. The molecule has 1 aromatic carbocycles. The van der Waals surface area contributed by atoms with Gasteiger partial charge in [-0.2, -0.15) is 13.2 Å². The van der Waals surface area contributed by atoms with Crippen molar-refractivity contribution in [3.63, 3.8) is 0 Å². The lowest BCUT2D eigenvalue weighted by atomic mass is 10.2. The third kappa shape index (κ3) is 2.12. The second-order valence-corrected chi connectivity index (χ2v) is 3.15. The van der Waals surface area contributed by atoms with Gasteiger partial charge in [0.1, 0.15) is 5.82 Å². The van der Waals surface area contributed by atoms with Crippen molar-refractivity contribution >= 4 is 21.6 Å². The summed E-state index contributed by atoms with van der Waals surface area (Å²) in [4.78, 5) is 0. The molecule has 0 bridgehead atoms. The van der Waals surface area contributed by atoms with Crippen LogP contribution in [0.1, 0.15) is 5.56 Å². The summed E-state index contributed by atoms with van der Waals surface area (Å²) in [5.41, 5.74) is 3.75. The molecule has 0 unspecified atom stereocenters. The third-order valence-electron chi connectivity index (χ3n) is 1.37. The van der Waals surface area contributed by atoms with E-state index in [1.807, 2.05) is 0 Å². The standard InChI is InChI=1S/C7H4BrF4N/c8-6-4(7(10,11)12)1-3(9)2-5(6)13/h1-2H,13H2. The lowest BCUT2D eigenvalue weighted by Gasteiger charge is -2.10. The maximum absolute atomic E-state index is 12.5. The normalized spacial score (nSPS) is 11.8. The predicted octanol–water partition coefficient (Wildman–Crippen LogP) is 3.19. The summed E-state index contributed by atoms with van der Waals surface area (Å²) in [7, 11) is 0. The molecule has 1 aromatic rings. The van der Waals surface area contributed by atoms with Gasteiger partial charge in [-0.05, 0) is 28.1 Å². The molecule has 0 aliphatic carbocycles. The van der Waals surface area contributed by atoms with Gasteiger partial charge in [0.15, 0.2) is 0 Å². The van der Waals surface area contributed by atoms with Crippen molar-refractivity contribution in [1.82, 2.24) is 0 Å².